The highest BCUT2D eigenvalue weighted by molar-refractivity contribution is 6.11. The number of carbonyl (C=O) groups excluding carboxylic acids is 2. The maximum absolute atomic E-state index is 12.7. The van der Waals surface area contributed by atoms with Crippen molar-refractivity contribution in [2.75, 3.05) is 18.6 Å². The van der Waals surface area contributed by atoms with E-state index in [-0.39, 0.29) is 0 Å². The molecule has 0 aliphatic carbocycles. The summed E-state index contributed by atoms with van der Waals surface area (Å²) in [6.07, 6.45) is 3.05. The van der Waals surface area contributed by atoms with E-state index in [0.717, 1.165) is 22.8 Å². The summed E-state index contributed by atoms with van der Waals surface area (Å²) in [6.45, 7) is 5.94. The number of rotatable bonds is 2. The van der Waals surface area contributed by atoms with Crippen LogP contribution in [-0.4, -0.2) is 36.2 Å². The lowest BCUT2D eigenvalue weighted by molar-refractivity contribution is 0.0580. The van der Waals surface area contributed by atoms with E-state index in [1.54, 1.807) is 4.90 Å². The first-order chi connectivity index (χ1) is 11.3. The number of hydrogen-bond acceptors (Lipinski definition) is 4. The fourth-order valence-electron chi connectivity index (χ4n) is 3.21. The van der Waals surface area contributed by atoms with Crippen molar-refractivity contribution in [2.24, 2.45) is 7.05 Å². The van der Waals surface area contributed by atoms with Crippen LogP contribution in [0.5, 0.6) is 5.75 Å². The van der Waals surface area contributed by atoms with Crippen molar-refractivity contribution < 1.29 is 19.1 Å². The number of carbonyl (C=O) groups is 2. The fourth-order valence-corrected chi connectivity index (χ4v) is 3.21. The van der Waals surface area contributed by atoms with E-state index in [1.807, 2.05) is 44.6 Å². The Hall–Kier alpha value is -2.50. The minimum Gasteiger partial charge on any atom is -0.496 e. The van der Waals surface area contributed by atoms with Crippen LogP contribution in [-0.2, 0) is 18.2 Å². The minimum atomic E-state index is -0.604. The van der Waals surface area contributed by atoms with E-state index < -0.39 is 11.7 Å². The molecule has 1 aliphatic rings. The van der Waals surface area contributed by atoms with Crippen LogP contribution in [0, 0.1) is 0 Å². The van der Waals surface area contributed by atoms with Gasteiger partial charge >= 0.3 is 6.09 Å². The summed E-state index contributed by atoms with van der Waals surface area (Å²) in [4.78, 5) is 26.0. The molecule has 0 N–H and O–H groups in total. The third-order valence-corrected chi connectivity index (χ3v) is 4.16. The third-order valence-electron chi connectivity index (χ3n) is 4.16. The lowest BCUT2D eigenvalue weighted by Crippen LogP contribution is -2.40. The lowest BCUT2D eigenvalue weighted by atomic mass is 9.99. The normalized spacial score (nSPS) is 14.0. The van der Waals surface area contributed by atoms with Gasteiger partial charge in [-0.3, -0.25) is 9.69 Å². The highest BCUT2D eigenvalue weighted by Crippen LogP contribution is 2.42. The minimum absolute atomic E-state index is 0.378. The largest absolute Gasteiger partial charge is 0.496 e. The summed E-state index contributed by atoms with van der Waals surface area (Å²) in [5.74, 6) is 0.454. The lowest BCUT2D eigenvalue weighted by Gasteiger charge is -2.31. The first-order valence-electron chi connectivity index (χ1n) is 7.91. The van der Waals surface area contributed by atoms with Crippen LogP contribution in [0.4, 0.5) is 10.5 Å². The first-order valence-corrected chi connectivity index (χ1v) is 7.91. The second kappa shape index (κ2) is 5.54. The van der Waals surface area contributed by atoms with Gasteiger partial charge in [0, 0.05) is 31.2 Å². The Morgan fingerprint density at radius 2 is 2.04 bits per heavy atom. The summed E-state index contributed by atoms with van der Waals surface area (Å²) >= 11 is 0. The zero-order chi connectivity index (χ0) is 17.6. The van der Waals surface area contributed by atoms with Gasteiger partial charge in [0.15, 0.2) is 6.29 Å². The molecule has 3 rings (SSSR count). The van der Waals surface area contributed by atoms with Gasteiger partial charge in [0.25, 0.3) is 0 Å². The van der Waals surface area contributed by atoms with Crippen LogP contribution in [0.2, 0.25) is 0 Å². The number of amides is 1. The Morgan fingerprint density at radius 3 is 2.62 bits per heavy atom. The van der Waals surface area contributed by atoms with Gasteiger partial charge in [-0.1, -0.05) is 0 Å². The number of nitrogens with zero attached hydrogens (tertiary/aromatic N) is 2. The van der Waals surface area contributed by atoms with Crippen LogP contribution in [0.15, 0.2) is 12.3 Å². The van der Waals surface area contributed by atoms with Crippen LogP contribution in [0.1, 0.15) is 36.7 Å². The van der Waals surface area contributed by atoms with Crippen molar-refractivity contribution in [2.45, 2.75) is 32.8 Å². The van der Waals surface area contributed by atoms with Crippen molar-refractivity contribution in [1.29, 1.82) is 0 Å². The van der Waals surface area contributed by atoms with E-state index in [9.17, 15) is 9.59 Å². The molecule has 1 aliphatic heterocycles. The molecule has 1 aromatic carbocycles. The number of benzene rings is 1. The van der Waals surface area contributed by atoms with Gasteiger partial charge < -0.3 is 14.0 Å². The number of methoxy groups -OCH3 is 1. The molecule has 128 valence electrons. The summed E-state index contributed by atoms with van der Waals surface area (Å²) in [5.41, 5.74) is 2.40. The van der Waals surface area contributed by atoms with Gasteiger partial charge in [0.2, 0.25) is 0 Å². The molecule has 0 fully saturated rings. The number of aldehydes is 1. The Morgan fingerprint density at radius 1 is 1.33 bits per heavy atom. The first kappa shape index (κ1) is 16.4. The van der Waals surface area contributed by atoms with E-state index in [1.165, 1.54) is 7.11 Å². The molecule has 1 amide bonds. The fraction of sp³-hybridized carbons (Fsp3) is 0.444. The Kier molecular flexibility index (Phi) is 3.78. The maximum atomic E-state index is 12.7. The second-order valence-corrected chi connectivity index (χ2v) is 7.00. The standard InChI is InChI=1S/C18H22N2O4/c1-18(2,3)24-17(22)20-7-6-11-9-19(4)13-8-14(23-5)12(10-21)16(20)15(11)13/h8-10H,6-7H2,1-5H3. The van der Waals surface area contributed by atoms with Crippen molar-refractivity contribution in [3.05, 3.63) is 23.4 Å². The monoisotopic (exact) mass is 330 g/mol. The Balaban J connectivity index is 2.25. The quantitative estimate of drug-likeness (QED) is 0.793. The van der Waals surface area contributed by atoms with Gasteiger partial charge in [-0.25, -0.2) is 4.79 Å². The smallest absolute Gasteiger partial charge is 0.414 e. The molecule has 2 heterocycles. The molecule has 0 bridgehead atoms. The SMILES string of the molecule is COc1cc2c3c(cn2C)CCN(C(=O)OC(C)(C)C)c3c1C=O. The molecule has 2 aromatic rings. The average Bonchev–Trinajstić information content (AvgIpc) is 2.82. The Labute approximate surface area is 140 Å². The van der Waals surface area contributed by atoms with Crippen LogP contribution >= 0.6 is 0 Å². The van der Waals surface area contributed by atoms with Gasteiger partial charge in [0.05, 0.1) is 23.9 Å². The highest BCUT2D eigenvalue weighted by Gasteiger charge is 2.32. The molecule has 6 heteroatoms. The zero-order valence-corrected chi connectivity index (χ0v) is 14.7. The number of anilines is 1. The van der Waals surface area contributed by atoms with E-state index in [4.69, 9.17) is 9.47 Å². The molecular formula is C18H22N2O4. The molecule has 24 heavy (non-hydrogen) atoms. The molecule has 0 atom stereocenters. The van der Waals surface area contributed by atoms with Crippen molar-refractivity contribution >= 4 is 29.0 Å². The van der Waals surface area contributed by atoms with E-state index >= 15 is 0 Å². The molecule has 0 saturated heterocycles. The summed E-state index contributed by atoms with van der Waals surface area (Å²) in [5, 5.41) is 0.914. The topological polar surface area (TPSA) is 60.8 Å². The molecule has 0 spiro atoms. The zero-order valence-electron chi connectivity index (χ0n) is 14.7. The maximum Gasteiger partial charge on any atom is 0.414 e. The predicted octanol–water partition coefficient (Wildman–Crippen LogP) is 3.30. The van der Waals surface area contributed by atoms with Gasteiger partial charge in [-0.05, 0) is 32.8 Å². The summed E-state index contributed by atoms with van der Waals surface area (Å²) < 4.78 is 12.9. The van der Waals surface area contributed by atoms with Crippen molar-refractivity contribution in [3.63, 3.8) is 0 Å². The molecule has 6 nitrogen and oxygen atoms in total. The molecule has 0 saturated carbocycles. The van der Waals surface area contributed by atoms with Gasteiger partial charge in [-0.15, -0.1) is 0 Å². The number of ether oxygens (including phenoxy) is 2. The summed E-state index contributed by atoms with van der Waals surface area (Å²) in [6, 6.07) is 1.84. The van der Waals surface area contributed by atoms with Crippen LogP contribution < -0.4 is 9.64 Å². The van der Waals surface area contributed by atoms with Crippen molar-refractivity contribution in [1.82, 2.24) is 4.57 Å². The van der Waals surface area contributed by atoms with Gasteiger partial charge in [-0.2, -0.15) is 0 Å². The molecule has 0 radical (unpaired) electrons. The third kappa shape index (κ3) is 2.52. The van der Waals surface area contributed by atoms with Gasteiger partial charge in [0.1, 0.15) is 11.4 Å². The predicted molar refractivity (Wildman–Crippen MR) is 92.1 cm³/mol. The second-order valence-electron chi connectivity index (χ2n) is 7.00. The van der Waals surface area contributed by atoms with Crippen molar-refractivity contribution in [3.8, 4) is 5.75 Å². The number of aryl methyl sites for hydroxylation is 1. The summed E-state index contributed by atoms with van der Waals surface area (Å²) in [7, 11) is 3.46. The highest BCUT2D eigenvalue weighted by atomic mass is 16.6. The van der Waals surface area contributed by atoms with E-state index in [0.29, 0.717) is 30.0 Å². The Bertz CT molecular complexity index is 830. The van der Waals surface area contributed by atoms with Crippen LogP contribution in [0.25, 0.3) is 10.9 Å². The molecular weight excluding hydrogens is 308 g/mol. The number of hydrogen-bond donors (Lipinski definition) is 0. The van der Waals surface area contributed by atoms with Crippen LogP contribution in [0.3, 0.4) is 0 Å². The number of aromatic nitrogens is 1. The molecule has 1 aromatic heterocycles. The average molecular weight is 330 g/mol. The molecule has 0 unspecified atom stereocenters. The van der Waals surface area contributed by atoms with E-state index in [2.05, 4.69) is 0 Å².